The maximum atomic E-state index is 13.3. The molecule has 0 fully saturated rings. The average molecular weight is 535 g/mol. The number of carbonyl (C=O) groups is 4. The molecule has 0 spiro atoms. The van der Waals surface area contributed by atoms with Crippen LogP contribution in [-0.4, -0.2) is 58.8 Å². The molecule has 0 aromatic heterocycles. The minimum Gasteiger partial charge on any atom is -0.478 e. The van der Waals surface area contributed by atoms with Crippen molar-refractivity contribution in [3.05, 3.63) is 77.9 Å². The summed E-state index contributed by atoms with van der Waals surface area (Å²) in [5.74, 6) is -4.02. The summed E-state index contributed by atoms with van der Waals surface area (Å²) in [7, 11) is 0. The Morgan fingerprint density at radius 1 is 0.921 bits per heavy atom. The number of hydrogen-bond donors (Lipinski definition) is 5. The van der Waals surface area contributed by atoms with Gasteiger partial charge in [0, 0.05) is 31.3 Å². The molecule has 0 unspecified atom stereocenters. The lowest BCUT2D eigenvalue weighted by Gasteiger charge is -2.26. The summed E-state index contributed by atoms with van der Waals surface area (Å²) in [6.07, 6.45) is -0.355. The van der Waals surface area contributed by atoms with Crippen molar-refractivity contribution in [3.63, 3.8) is 0 Å². The van der Waals surface area contributed by atoms with Gasteiger partial charge in [0.1, 0.15) is 0 Å². The fourth-order valence-corrected chi connectivity index (χ4v) is 3.35. The van der Waals surface area contributed by atoms with Crippen LogP contribution in [0, 0.1) is 0 Å². The topological polar surface area (TPSA) is 156 Å². The van der Waals surface area contributed by atoms with Crippen LogP contribution in [-0.2, 0) is 20.6 Å². The Bertz CT molecular complexity index is 1230. The molecule has 5 N–H and O–H groups in total. The lowest BCUT2D eigenvalue weighted by atomic mass is 10.1. The van der Waals surface area contributed by atoms with Gasteiger partial charge in [-0.05, 0) is 43.3 Å². The van der Waals surface area contributed by atoms with Gasteiger partial charge >= 0.3 is 24.1 Å². The number of aliphatic carboxylic acids is 3. The first kappa shape index (κ1) is 29.6. The molecule has 38 heavy (non-hydrogen) atoms. The van der Waals surface area contributed by atoms with Crippen molar-refractivity contribution < 1.29 is 47.7 Å². The number of alkyl halides is 3. The SMILES string of the molecule is O=C(O)/C=C/CNCCCN1c2ccccc2NC(=O)c2ccc(C(F)(F)F)cc21.O=C(O)/C=C\C(=O)O. The normalized spacial score (nSPS) is 12.7. The van der Waals surface area contributed by atoms with Gasteiger partial charge in [-0.25, -0.2) is 14.4 Å². The molecular formula is C25H24F3N3O7. The molecule has 2 aromatic rings. The fourth-order valence-electron chi connectivity index (χ4n) is 3.35. The summed E-state index contributed by atoms with van der Waals surface area (Å²) in [5.41, 5.74) is 0.657. The second-order valence-electron chi connectivity index (χ2n) is 7.66. The van der Waals surface area contributed by atoms with Crippen molar-refractivity contribution in [2.24, 2.45) is 0 Å². The van der Waals surface area contributed by atoms with Crippen molar-refractivity contribution in [2.45, 2.75) is 12.6 Å². The molecule has 1 aliphatic heterocycles. The van der Waals surface area contributed by atoms with Gasteiger partial charge in [0.25, 0.3) is 5.91 Å². The monoisotopic (exact) mass is 535 g/mol. The maximum Gasteiger partial charge on any atom is 0.416 e. The molecule has 0 aliphatic carbocycles. The summed E-state index contributed by atoms with van der Waals surface area (Å²) < 4.78 is 39.9. The average Bonchev–Trinajstić information content (AvgIpc) is 2.95. The molecular weight excluding hydrogens is 511 g/mol. The van der Waals surface area contributed by atoms with Gasteiger partial charge in [0.05, 0.1) is 28.2 Å². The Balaban J connectivity index is 0.000000550. The highest BCUT2D eigenvalue weighted by molar-refractivity contribution is 6.12. The van der Waals surface area contributed by atoms with E-state index < -0.39 is 35.6 Å². The third-order valence-electron chi connectivity index (χ3n) is 4.93. The van der Waals surface area contributed by atoms with E-state index in [1.54, 1.807) is 29.2 Å². The second-order valence-corrected chi connectivity index (χ2v) is 7.66. The fraction of sp³-hybridized carbons (Fsp3) is 0.200. The molecule has 202 valence electrons. The van der Waals surface area contributed by atoms with Crippen LogP contribution in [0.25, 0.3) is 0 Å². The lowest BCUT2D eigenvalue weighted by molar-refractivity contribution is -0.137. The third-order valence-corrected chi connectivity index (χ3v) is 4.93. The molecule has 0 atom stereocenters. The molecule has 2 aromatic carbocycles. The number of benzene rings is 2. The molecule has 13 heteroatoms. The minimum absolute atomic E-state index is 0.163. The van der Waals surface area contributed by atoms with Crippen molar-refractivity contribution >= 4 is 40.9 Å². The smallest absolute Gasteiger partial charge is 0.416 e. The number of halogens is 3. The van der Waals surface area contributed by atoms with Crippen LogP contribution in [0.3, 0.4) is 0 Å². The van der Waals surface area contributed by atoms with Crippen LogP contribution in [0.2, 0.25) is 0 Å². The molecule has 1 heterocycles. The second kappa shape index (κ2) is 13.6. The zero-order chi connectivity index (χ0) is 28.3. The quantitative estimate of drug-likeness (QED) is 0.238. The Morgan fingerprint density at radius 2 is 1.55 bits per heavy atom. The number of fused-ring (bicyclic) bond motifs is 2. The molecule has 0 bridgehead atoms. The van der Waals surface area contributed by atoms with Crippen LogP contribution < -0.4 is 15.5 Å². The van der Waals surface area contributed by atoms with Gasteiger partial charge in [-0.3, -0.25) is 4.79 Å². The maximum absolute atomic E-state index is 13.3. The van der Waals surface area contributed by atoms with E-state index in [2.05, 4.69) is 10.6 Å². The highest BCUT2D eigenvalue weighted by atomic mass is 19.4. The Morgan fingerprint density at radius 3 is 2.16 bits per heavy atom. The Labute approximate surface area is 214 Å². The Hall–Kier alpha value is -4.65. The number of amides is 1. The van der Waals surface area contributed by atoms with Crippen molar-refractivity contribution in [3.8, 4) is 0 Å². The van der Waals surface area contributed by atoms with E-state index in [9.17, 15) is 32.3 Å². The molecule has 3 rings (SSSR count). The van der Waals surface area contributed by atoms with Crippen molar-refractivity contribution in [1.82, 2.24) is 5.32 Å². The molecule has 0 radical (unpaired) electrons. The molecule has 0 saturated carbocycles. The number of rotatable bonds is 9. The van der Waals surface area contributed by atoms with E-state index in [4.69, 9.17) is 15.3 Å². The molecule has 1 amide bonds. The van der Waals surface area contributed by atoms with Crippen LogP contribution in [0.4, 0.5) is 30.2 Å². The van der Waals surface area contributed by atoms with Crippen LogP contribution in [0.1, 0.15) is 22.3 Å². The van der Waals surface area contributed by atoms with Gasteiger partial charge in [0.2, 0.25) is 0 Å². The van der Waals surface area contributed by atoms with Gasteiger partial charge in [-0.1, -0.05) is 18.2 Å². The van der Waals surface area contributed by atoms with Crippen LogP contribution >= 0.6 is 0 Å². The standard InChI is InChI=1S/C21H20F3N3O3.C4H4O4/c22-21(23,24)14-8-9-15-18(13-14)27(12-4-11-25-10-3-7-19(28)29)17-6-2-1-5-16(17)26-20(15)30;5-3(6)1-2-4(7)8/h1-3,5-9,13,25H,4,10-12H2,(H,26,30)(H,28,29);1-2H,(H,5,6)(H,7,8)/b7-3+;2-1-. The number of carbonyl (C=O) groups excluding carboxylic acids is 1. The predicted octanol–water partition coefficient (Wildman–Crippen LogP) is 3.74. The summed E-state index contributed by atoms with van der Waals surface area (Å²) in [4.78, 5) is 43.9. The number of hydrogen-bond acceptors (Lipinski definition) is 6. The highest BCUT2D eigenvalue weighted by Gasteiger charge is 2.33. The first-order valence-electron chi connectivity index (χ1n) is 11.0. The van der Waals surface area contributed by atoms with Gasteiger partial charge in [0.15, 0.2) is 0 Å². The predicted molar refractivity (Wildman–Crippen MR) is 132 cm³/mol. The summed E-state index contributed by atoms with van der Waals surface area (Å²) >= 11 is 0. The summed E-state index contributed by atoms with van der Waals surface area (Å²) in [6.45, 7) is 1.23. The van der Waals surface area contributed by atoms with Gasteiger partial charge in [-0.2, -0.15) is 13.2 Å². The molecule has 0 saturated heterocycles. The van der Waals surface area contributed by atoms with Gasteiger partial charge < -0.3 is 30.9 Å². The Kier molecular flexibility index (Phi) is 10.6. The van der Waals surface area contributed by atoms with E-state index in [0.717, 1.165) is 18.2 Å². The highest BCUT2D eigenvalue weighted by Crippen LogP contribution is 2.40. The van der Waals surface area contributed by atoms with Crippen LogP contribution in [0.5, 0.6) is 0 Å². The zero-order valence-corrected chi connectivity index (χ0v) is 19.7. The first-order chi connectivity index (χ1) is 17.9. The number of nitrogens with zero attached hydrogens (tertiary/aromatic N) is 1. The number of carboxylic acid groups (broad SMARTS) is 3. The van der Waals surface area contributed by atoms with E-state index in [-0.39, 0.29) is 11.3 Å². The number of anilines is 3. The largest absolute Gasteiger partial charge is 0.478 e. The third kappa shape index (κ3) is 9.09. The lowest BCUT2D eigenvalue weighted by Crippen LogP contribution is -2.24. The number of nitrogens with one attached hydrogen (secondary N) is 2. The molecule has 1 aliphatic rings. The van der Waals surface area contributed by atoms with E-state index in [0.29, 0.717) is 49.6 Å². The van der Waals surface area contributed by atoms with Crippen molar-refractivity contribution in [1.29, 1.82) is 0 Å². The first-order valence-corrected chi connectivity index (χ1v) is 11.0. The zero-order valence-electron chi connectivity index (χ0n) is 19.7. The van der Waals surface area contributed by atoms with E-state index >= 15 is 0 Å². The molecule has 10 nitrogen and oxygen atoms in total. The van der Waals surface area contributed by atoms with Crippen molar-refractivity contribution in [2.75, 3.05) is 29.9 Å². The summed E-state index contributed by atoms with van der Waals surface area (Å²) in [5, 5.41) is 30.0. The van der Waals surface area contributed by atoms with E-state index in [1.165, 1.54) is 12.1 Å². The summed E-state index contributed by atoms with van der Waals surface area (Å²) in [6, 6.07) is 10.0. The number of para-hydroxylation sites is 2. The van der Waals surface area contributed by atoms with Gasteiger partial charge in [-0.15, -0.1) is 0 Å². The minimum atomic E-state index is -4.53. The number of carboxylic acids is 3. The van der Waals surface area contributed by atoms with E-state index in [1.807, 2.05) is 0 Å². The van der Waals surface area contributed by atoms with Crippen LogP contribution in [0.15, 0.2) is 66.8 Å².